The number of piperazine rings is 1. The number of aromatic nitrogens is 4. The molecule has 38 heavy (non-hydrogen) atoms. The van der Waals surface area contributed by atoms with Crippen LogP contribution in [0, 0.1) is 31.0 Å². The van der Waals surface area contributed by atoms with Crippen molar-refractivity contribution in [1.82, 2.24) is 24.8 Å². The normalized spacial score (nSPS) is 18.5. The molecular formula is C26H25FN8OS2. The Kier molecular flexibility index (Phi) is 6.25. The molecule has 0 aliphatic carbocycles. The molecule has 194 valence electrons. The van der Waals surface area contributed by atoms with Crippen LogP contribution in [0.1, 0.15) is 40.9 Å². The molecule has 9 nitrogen and oxygen atoms in total. The highest BCUT2D eigenvalue weighted by Gasteiger charge is 2.43. The number of hydrogen-bond donors (Lipinski definition) is 1. The first-order chi connectivity index (χ1) is 18.4. The van der Waals surface area contributed by atoms with Gasteiger partial charge in [0.1, 0.15) is 23.5 Å². The summed E-state index contributed by atoms with van der Waals surface area (Å²) in [5, 5.41) is 16.4. The maximum atomic E-state index is 13.6. The lowest BCUT2D eigenvalue weighted by Crippen LogP contribution is -2.56. The molecule has 2 fully saturated rings. The Morgan fingerprint density at radius 1 is 1.18 bits per heavy atom. The number of nitriles is 1. The fourth-order valence-electron chi connectivity index (χ4n) is 5.23. The van der Waals surface area contributed by atoms with Crippen LogP contribution in [0.2, 0.25) is 0 Å². The summed E-state index contributed by atoms with van der Waals surface area (Å²) in [6, 6.07) is 6.79. The molecule has 2 aliphatic rings. The number of aryl methyl sites for hydroxylation is 2. The zero-order valence-corrected chi connectivity index (χ0v) is 22.3. The summed E-state index contributed by atoms with van der Waals surface area (Å²) in [6.07, 6.45) is 4.46. The minimum absolute atomic E-state index is 0. The summed E-state index contributed by atoms with van der Waals surface area (Å²) in [5.41, 5.74) is 2.59. The maximum Gasteiger partial charge on any atom is 0.256 e. The number of anilines is 3. The average Bonchev–Trinajstić information content (AvgIpc) is 3.58. The van der Waals surface area contributed by atoms with E-state index in [9.17, 15) is 14.4 Å². The third-order valence-corrected chi connectivity index (χ3v) is 8.71. The molecule has 2 bridgehead atoms. The summed E-state index contributed by atoms with van der Waals surface area (Å²) in [7, 11) is 0. The Morgan fingerprint density at radius 3 is 2.63 bits per heavy atom. The molecule has 0 spiro atoms. The van der Waals surface area contributed by atoms with Crippen LogP contribution in [0.5, 0.6) is 0 Å². The molecule has 2 atom stereocenters. The van der Waals surface area contributed by atoms with E-state index in [0.29, 0.717) is 30.3 Å². The van der Waals surface area contributed by atoms with Gasteiger partial charge >= 0.3 is 0 Å². The number of thiazole rings is 2. The molecule has 4 aromatic heterocycles. The molecule has 0 aromatic carbocycles. The number of fused-ring (bicyclic) bond motifs is 2. The van der Waals surface area contributed by atoms with E-state index in [1.54, 1.807) is 29.7 Å². The van der Waals surface area contributed by atoms with Crippen LogP contribution < -0.4 is 10.2 Å². The first-order valence-electron chi connectivity index (χ1n) is 12.2. The Hall–Kier alpha value is -3.95. The quantitative estimate of drug-likeness (QED) is 0.364. The predicted octanol–water partition coefficient (Wildman–Crippen LogP) is 5.17. The number of nitrogens with zero attached hydrogens (tertiary/aromatic N) is 7. The number of halogens is 1. The molecule has 1 amide bonds. The SMILES string of the molecule is Cc1nc(C)c(-c2csc(Nc3ccc(C(=O)N4[C@@H]5CC[C@H]4CN(c4ncc(F)cc4C#N)C5)cn3)n2)s1.[HH]. The van der Waals surface area contributed by atoms with Crippen LogP contribution in [0.15, 0.2) is 36.0 Å². The molecule has 12 heteroatoms. The summed E-state index contributed by atoms with van der Waals surface area (Å²) in [4.78, 5) is 36.2. The fraction of sp³-hybridized carbons (Fsp3) is 0.308. The van der Waals surface area contributed by atoms with Gasteiger partial charge in [-0.05, 0) is 44.9 Å². The van der Waals surface area contributed by atoms with Gasteiger partial charge in [-0.1, -0.05) is 0 Å². The number of rotatable bonds is 5. The Morgan fingerprint density at radius 2 is 1.97 bits per heavy atom. The number of hydrogen-bond acceptors (Lipinski definition) is 10. The Labute approximate surface area is 228 Å². The molecule has 6 rings (SSSR count). The summed E-state index contributed by atoms with van der Waals surface area (Å²) < 4.78 is 13.6. The second-order valence-electron chi connectivity index (χ2n) is 9.38. The van der Waals surface area contributed by atoms with Gasteiger partial charge in [0.05, 0.1) is 50.7 Å². The van der Waals surface area contributed by atoms with E-state index in [4.69, 9.17) is 0 Å². The van der Waals surface area contributed by atoms with Crippen LogP contribution in [-0.2, 0) is 0 Å². The van der Waals surface area contributed by atoms with Crippen LogP contribution in [0.25, 0.3) is 10.6 Å². The molecule has 4 aromatic rings. The molecule has 2 aliphatic heterocycles. The summed E-state index contributed by atoms with van der Waals surface area (Å²) >= 11 is 3.12. The van der Waals surface area contributed by atoms with Crippen LogP contribution >= 0.6 is 22.7 Å². The zero-order valence-electron chi connectivity index (χ0n) is 20.7. The molecule has 2 saturated heterocycles. The first kappa shape index (κ1) is 24.4. The van der Waals surface area contributed by atoms with Crippen molar-refractivity contribution in [3.63, 3.8) is 0 Å². The smallest absolute Gasteiger partial charge is 0.256 e. The summed E-state index contributed by atoms with van der Waals surface area (Å²) in [6.45, 7) is 5.07. The fourth-order valence-corrected chi connectivity index (χ4v) is 6.89. The van der Waals surface area contributed by atoms with E-state index in [1.165, 1.54) is 17.4 Å². The van der Waals surface area contributed by atoms with Gasteiger partial charge in [0.25, 0.3) is 5.91 Å². The minimum Gasteiger partial charge on any atom is -0.351 e. The predicted molar refractivity (Wildman–Crippen MR) is 146 cm³/mol. The number of amides is 1. The van der Waals surface area contributed by atoms with E-state index in [1.807, 2.05) is 35.1 Å². The van der Waals surface area contributed by atoms with Crippen molar-refractivity contribution < 1.29 is 10.6 Å². The van der Waals surface area contributed by atoms with Gasteiger partial charge in [-0.2, -0.15) is 5.26 Å². The van der Waals surface area contributed by atoms with Gasteiger partial charge in [0, 0.05) is 26.1 Å². The van der Waals surface area contributed by atoms with Crippen molar-refractivity contribution >= 4 is 45.3 Å². The molecular weight excluding hydrogens is 523 g/mol. The lowest BCUT2D eigenvalue weighted by molar-refractivity contribution is 0.0640. The highest BCUT2D eigenvalue weighted by atomic mass is 32.1. The van der Waals surface area contributed by atoms with E-state index < -0.39 is 5.82 Å². The second kappa shape index (κ2) is 9.74. The third-order valence-electron chi connectivity index (χ3n) is 6.86. The molecule has 0 saturated carbocycles. The van der Waals surface area contributed by atoms with Crippen LogP contribution in [-0.4, -0.2) is 55.9 Å². The van der Waals surface area contributed by atoms with Gasteiger partial charge in [-0.15, -0.1) is 22.7 Å². The summed E-state index contributed by atoms with van der Waals surface area (Å²) in [5.74, 6) is 0.490. The van der Waals surface area contributed by atoms with Crippen molar-refractivity contribution in [1.29, 1.82) is 5.26 Å². The van der Waals surface area contributed by atoms with Gasteiger partial charge in [-0.3, -0.25) is 4.79 Å². The van der Waals surface area contributed by atoms with E-state index in [0.717, 1.165) is 45.4 Å². The number of carbonyl (C=O) groups excluding carboxylic acids is 1. The third kappa shape index (κ3) is 4.48. The highest BCUT2D eigenvalue weighted by Crippen LogP contribution is 2.35. The minimum atomic E-state index is -0.534. The van der Waals surface area contributed by atoms with E-state index >= 15 is 0 Å². The highest BCUT2D eigenvalue weighted by molar-refractivity contribution is 7.16. The van der Waals surface area contributed by atoms with Crippen molar-refractivity contribution in [2.45, 2.75) is 38.8 Å². The average molecular weight is 549 g/mol. The lowest BCUT2D eigenvalue weighted by atomic mass is 10.1. The van der Waals surface area contributed by atoms with Crippen molar-refractivity contribution in [2.24, 2.45) is 0 Å². The van der Waals surface area contributed by atoms with Crippen LogP contribution in [0.3, 0.4) is 0 Å². The standard InChI is InChI=1S/C26H23FN8OS2.H2/c1-14-23(38-15(2)31-14)21-13-37-26(32-21)33-22-6-3-16(9-29-22)25(36)35-19-4-5-20(35)12-34(11-19)24-17(8-28)7-18(27)10-30-24;/h3,6-7,9-10,13,19-20H,4-5,11-12H2,1-2H3,(H,29,32,33);1H/t19-,20+;. The molecule has 0 radical (unpaired) electrons. The van der Waals surface area contributed by atoms with Gasteiger partial charge in [0.2, 0.25) is 0 Å². The van der Waals surface area contributed by atoms with Gasteiger partial charge in [0.15, 0.2) is 5.13 Å². The Balaban J connectivity index is 0.00000308. The molecule has 6 heterocycles. The lowest BCUT2D eigenvalue weighted by Gasteiger charge is -2.41. The largest absolute Gasteiger partial charge is 0.351 e. The number of carbonyl (C=O) groups is 1. The van der Waals surface area contributed by atoms with Gasteiger partial charge < -0.3 is 15.1 Å². The topological polar surface area (TPSA) is 111 Å². The monoisotopic (exact) mass is 548 g/mol. The van der Waals surface area contributed by atoms with Crippen LogP contribution in [0.4, 0.5) is 21.2 Å². The van der Waals surface area contributed by atoms with Crippen molar-refractivity contribution in [2.75, 3.05) is 23.3 Å². The number of pyridine rings is 2. The Bertz CT molecular complexity index is 1550. The van der Waals surface area contributed by atoms with E-state index in [2.05, 4.69) is 25.3 Å². The molecule has 1 N–H and O–H groups in total. The molecule has 0 unspecified atom stereocenters. The van der Waals surface area contributed by atoms with E-state index in [-0.39, 0.29) is 25.0 Å². The number of nitrogens with one attached hydrogen (secondary N) is 1. The van der Waals surface area contributed by atoms with Gasteiger partial charge in [-0.25, -0.2) is 24.3 Å². The van der Waals surface area contributed by atoms with Crippen molar-refractivity contribution in [3.8, 4) is 16.6 Å². The maximum absolute atomic E-state index is 13.6. The first-order valence-corrected chi connectivity index (χ1v) is 13.9. The second-order valence-corrected chi connectivity index (χ2v) is 11.4. The van der Waals surface area contributed by atoms with Crippen molar-refractivity contribution in [3.05, 3.63) is 63.6 Å². The zero-order chi connectivity index (χ0) is 26.4.